The number of nitrogens with one attached hydrogen (secondary N) is 1. The van der Waals surface area contributed by atoms with Crippen LogP contribution in [0, 0.1) is 17.7 Å². The molecule has 1 aliphatic heterocycles. The molecule has 1 fully saturated rings. The Balaban J connectivity index is 1.51. The molecule has 214 valence electrons. The van der Waals surface area contributed by atoms with Crippen molar-refractivity contribution in [1.29, 1.82) is 0 Å². The Morgan fingerprint density at radius 3 is 2.42 bits per heavy atom. The first-order valence-corrected chi connectivity index (χ1v) is 15.1. The number of imidazole rings is 1. The maximum atomic E-state index is 14.2. The van der Waals surface area contributed by atoms with Gasteiger partial charge in [-0.15, -0.1) is 0 Å². The molecule has 1 amide bonds. The van der Waals surface area contributed by atoms with Crippen molar-refractivity contribution in [3.05, 3.63) is 54.0 Å². The van der Waals surface area contributed by atoms with Gasteiger partial charge < -0.3 is 19.4 Å². The molecule has 2 aromatic carbocycles. The molecule has 5 rings (SSSR count). The lowest BCUT2D eigenvalue weighted by atomic mass is 10.1. The molecule has 2 aromatic heterocycles. The van der Waals surface area contributed by atoms with E-state index in [4.69, 9.17) is 4.98 Å². The van der Waals surface area contributed by atoms with E-state index >= 15 is 0 Å². The third kappa shape index (κ3) is 6.41. The van der Waals surface area contributed by atoms with Crippen molar-refractivity contribution in [1.82, 2.24) is 24.3 Å². The van der Waals surface area contributed by atoms with Gasteiger partial charge in [-0.05, 0) is 100.0 Å². The molecule has 0 radical (unpaired) electrons. The normalized spacial score (nSPS) is 14.4. The number of H-pyrrole nitrogens is 1. The predicted molar refractivity (Wildman–Crippen MR) is 162 cm³/mol. The van der Waals surface area contributed by atoms with Crippen molar-refractivity contribution < 1.29 is 9.18 Å². The fourth-order valence-corrected chi connectivity index (χ4v) is 5.75. The van der Waals surface area contributed by atoms with Crippen LogP contribution >= 0.6 is 0 Å². The molecule has 0 saturated carbocycles. The molecular formula is C33H44FN5O. The topological polar surface area (TPSA) is 57.2 Å². The predicted octanol–water partition coefficient (Wildman–Crippen LogP) is 7.34. The SMILES string of the molecule is CC(C)CCN(CCC(C)C)C(=O)c1ccc2nc(-c3c[nH]c4ccc(F)cc34)n(CCCN3CCCC3)c2c1. The lowest BCUT2D eigenvalue weighted by Crippen LogP contribution is -2.34. The summed E-state index contributed by atoms with van der Waals surface area (Å²) in [6, 6.07) is 10.7. The summed E-state index contributed by atoms with van der Waals surface area (Å²) in [5.74, 6) is 1.72. The number of hydrogen-bond acceptors (Lipinski definition) is 3. The lowest BCUT2D eigenvalue weighted by molar-refractivity contribution is 0.0741. The molecule has 1 saturated heterocycles. The number of aromatic amines is 1. The Kier molecular flexibility index (Phi) is 8.89. The number of carbonyl (C=O) groups is 1. The first-order valence-electron chi connectivity index (χ1n) is 15.1. The summed E-state index contributed by atoms with van der Waals surface area (Å²) in [4.78, 5) is 26.7. The Morgan fingerprint density at radius 2 is 1.73 bits per heavy atom. The fraction of sp³-hybridized carbons (Fsp3) is 0.515. The molecule has 6 nitrogen and oxygen atoms in total. The highest BCUT2D eigenvalue weighted by atomic mass is 19.1. The number of aryl methyl sites for hydroxylation is 1. The second-order valence-electron chi connectivity index (χ2n) is 12.2. The van der Waals surface area contributed by atoms with Gasteiger partial charge in [-0.3, -0.25) is 4.79 Å². The third-order valence-corrected chi connectivity index (χ3v) is 8.17. The standard InChI is InChI=1S/C33H44FN5O/c1-23(2)12-18-38(19-13-24(3)4)33(40)25-8-10-30-31(20-25)39(17-7-16-37-14-5-6-15-37)32(36-30)28-22-35-29-11-9-26(34)21-27(28)29/h8-11,20-24,35H,5-7,12-19H2,1-4H3. The van der Waals surface area contributed by atoms with Crippen LogP contribution in [-0.2, 0) is 6.54 Å². The van der Waals surface area contributed by atoms with Gasteiger partial charge in [0.15, 0.2) is 0 Å². The maximum absolute atomic E-state index is 14.2. The van der Waals surface area contributed by atoms with Crippen LogP contribution in [0.25, 0.3) is 33.3 Å². The summed E-state index contributed by atoms with van der Waals surface area (Å²) in [5.41, 5.74) is 4.29. The van der Waals surface area contributed by atoms with Gasteiger partial charge in [0.05, 0.1) is 11.0 Å². The summed E-state index contributed by atoms with van der Waals surface area (Å²) in [5, 5.41) is 0.820. The van der Waals surface area contributed by atoms with Crippen molar-refractivity contribution in [2.45, 2.75) is 66.3 Å². The van der Waals surface area contributed by atoms with Crippen LogP contribution in [0.15, 0.2) is 42.6 Å². The molecule has 7 heteroatoms. The first-order chi connectivity index (χ1) is 19.3. The molecule has 1 N–H and O–H groups in total. The average Bonchev–Trinajstić information content (AvgIpc) is 3.67. The van der Waals surface area contributed by atoms with Crippen LogP contribution in [0.1, 0.15) is 70.2 Å². The highest BCUT2D eigenvalue weighted by Gasteiger charge is 2.21. The molecule has 3 heterocycles. The molecule has 0 atom stereocenters. The van der Waals surface area contributed by atoms with Gasteiger partial charge in [-0.25, -0.2) is 9.37 Å². The zero-order valence-corrected chi connectivity index (χ0v) is 24.5. The second-order valence-corrected chi connectivity index (χ2v) is 12.2. The fourth-order valence-electron chi connectivity index (χ4n) is 5.75. The number of nitrogens with zero attached hydrogens (tertiary/aromatic N) is 4. The Bertz CT molecular complexity index is 1430. The van der Waals surface area contributed by atoms with Crippen molar-refractivity contribution in [2.24, 2.45) is 11.8 Å². The number of fused-ring (bicyclic) bond motifs is 2. The van der Waals surface area contributed by atoms with Gasteiger partial charge in [0.2, 0.25) is 0 Å². The minimum atomic E-state index is -0.263. The minimum Gasteiger partial charge on any atom is -0.360 e. The molecule has 0 unspecified atom stereocenters. The number of benzene rings is 2. The monoisotopic (exact) mass is 545 g/mol. The molecule has 0 bridgehead atoms. The van der Waals surface area contributed by atoms with Crippen molar-refractivity contribution in [2.75, 3.05) is 32.7 Å². The quantitative estimate of drug-likeness (QED) is 0.203. The minimum absolute atomic E-state index is 0.0868. The van der Waals surface area contributed by atoms with E-state index in [0.717, 1.165) is 78.8 Å². The highest BCUT2D eigenvalue weighted by Crippen LogP contribution is 2.32. The van der Waals surface area contributed by atoms with Crippen LogP contribution in [0.4, 0.5) is 4.39 Å². The zero-order chi connectivity index (χ0) is 28.2. The maximum Gasteiger partial charge on any atom is 0.253 e. The number of aromatic nitrogens is 3. The Labute approximate surface area is 237 Å². The van der Waals surface area contributed by atoms with E-state index in [0.29, 0.717) is 17.4 Å². The van der Waals surface area contributed by atoms with Crippen molar-refractivity contribution in [3.8, 4) is 11.4 Å². The molecular weight excluding hydrogens is 501 g/mol. The number of halogens is 1. The first kappa shape index (κ1) is 28.3. The largest absolute Gasteiger partial charge is 0.360 e. The summed E-state index contributed by atoms with van der Waals surface area (Å²) >= 11 is 0. The molecule has 4 aromatic rings. The summed E-state index contributed by atoms with van der Waals surface area (Å²) in [6.45, 7) is 14.5. The van der Waals surface area contributed by atoms with E-state index in [-0.39, 0.29) is 11.7 Å². The van der Waals surface area contributed by atoms with Gasteiger partial charge in [0.1, 0.15) is 11.6 Å². The number of rotatable bonds is 12. The van der Waals surface area contributed by atoms with Gasteiger partial charge in [-0.1, -0.05) is 27.7 Å². The molecule has 0 spiro atoms. The van der Waals surface area contributed by atoms with Crippen LogP contribution in [0.2, 0.25) is 0 Å². The number of hydrogen-bond donors (Lipinski definition) is 1. The van der Waals surface area contributed by atoms with Gasteiger partial charge in [0, 0.05) is 47.9 Å². The lowest BCUT2D eigenvalue weighted by Gasteiger charge is -2.25. The number of amides is 1. The van der Waals surface area contributed by atoms with Crippen LogP contribution in [0.3, 0.4) is 0 Å². The van der Waals surface area contributed by atoms with E-state index in [2.05, 4.69) is 42.1 Å². The van der Waals surface area contributed by atoms with E-state index in [1.54, 1.807) is 12.1 Å². The van der Waals surface area contributed by atoms with Crippen LogP contribution in [0.5, 0.6) is 0 Å². The highest BCUT2D eigenvalue weighted by molar-refractivity contribution is 5.99. The third-order valence-electron chi connectivity index (χ3n) is 8.17. The summed E-state index contributed by atoms with van der Waals surface area (Å²) < 4.78 is 16.5. The van der Waals surface area contributed by atoms with Gasteiger partial charge in [-0.2, -0.15) is 0 Å². The van der Waals surface area contributed by atoms with E-state index < -0.39 is 0 Å². The number of carbonyl (C=O) groups excluding carboxylic acids is 1. The van der Waals surface area contributed by atoms with Crippen LogP contribution in [-0.4, -0.2) is 63.0 Å². The Hall–Kier alpha value is -3.19. The number of likely N-dealkylation sites (tertiary alicyclic amines) is 1. The summed E-state index contributed by atoms with van der Waals surface area (Å²) in [7, 11) is 0. The van der Waals surface area contributed by atoms with Gasteiger partial charge in [0.25, 0.3) is 5.91 Å². The summed E-state index contributed by atoms with van der Waals surface area (Å²) in [6.07, 6.45) is 7.44. The second kappa shape index (κ2) is 12.5. The van der Waals surface area contributed by atoms with Crippen LogP contribution < -0.4 is 0 Å². The van der Waals surface area contributed by atoms with E-state index in [1.807, 2.05) is 29.3 Å². The smallest absolute Gasteiger partial charge is 0.253 e. The Morgan fingerprint density at radius 1 is 1.00 bits per heavy atom. The molecule has 1 aliphatic rings. The molecule has 0 aliphatic carbocycles. The molecule has 40 heavy (non-hydrogen) atoms. The van der Waals surface area contributed by atoms with Crippen molar-refractivity contribution in [3.63, 3.8) is 0 Å². The van der Waals surface area contributed by atoms with Gasteiger partial charge >= 0.3 is 0 Å². The van der Waals surface area contributed by atoms with Crippen molar-refractivity contribution >= 4 is 27.8 Å². The zero-order valence-electron chi connectivity index (χ0n) is 24.5. The average molecular weight is 546 g/mol. The van der Waals surface area contributed by atoms with E-state index in [1.165, 1.54) is 32.0 Å². The van der Waals surface area contributed by atoms with E-state index in [9.17, 15) is 9.18 Å².